The van der Waals surface area contributed by atoms with Gasteiger partial charge in [-0.15, -0.1) is 11.3 Å². The molecule has 0 radical (unpaired) electrons. The summed E-state index contributed by atoms with van der Waals surface area (Å²) in [6, 6.07) is 3.84. The number of piperidine rings is 1. The lowest BCUT2D eigenvalue weighted by molar-refractivity contribution is 0.125. The molecule has 0 saturated carbocycles. The molecule has 0 spiro atoms. The monoisotopic (exact) mass is 367 g/mol. The van der Waals surface area contributed by atoms with Gasteiger partial charge >= 0.3 is 0 Å². The van der Waals surface area contributed by atoms with E-state index in [9.17, 15) is 13.5 Å². The number of hydrogen-bond acceptors (Lipinski definition) is 4. The fourth-order valence-corrected chi connectivity index (χ4v) is 4.82. The maximum Gasteiger partial charge on any atom is 0.211 e. The Bertz CT molecular complexity index is 529. The molecule has 1 saturated heterocycles. The van der Waals surface area contributed by atoms with Crippen LogP contribution >= 0.6 is 27.3 Å². The minimum absolute atomic E-state index is 0.236. The second-order valence-corrected chi connectivity index (χ2v) is 9.50. The Kier molecular flexibility index (Phi) is 5.05. The molecule has 0 aromatic carbocycles. The Morgan fingerprint density at radius 2 is 2.32 bits per heavy atom. The third-order valence-corrected chi connectivity index (χ3v) is 6.42. The molecule has 1 aliphatic rings. The summed E-state index contributed by atoms with van der Waals surface area (Å²) in [5.74, 6) is 0.236. The van der Waals surface area contributed by atoms with Crippen LogP contribution in [-0.2, 0) is 10.0 Å². The number of rotatable bonds is 4. The van der Waals surface area contributed by atoms with Gasteiger partial charge in [0.1, 0.15) is 0 Å². The van der Waals surface area contributed by atoms with Crippen LogP contribution in [0.2, 0.25) is 0 Å². The van der Waals surface area contributed by atoms with Crippen LogP contribution in [0.4, 0.5) is 0 Å². The largest absolute Gasteiger partial charge is 0.388 e. The number of halogens is 1. The van der Waals surface area contributed by atoms with Gasteiger partial charge in [-0.25, -0.2) is 12.7 Å². The smallest absolute Gasteiger partial charge is 0.211 e. The summed E-state index contributed by atoms with van der Waals surface area (Å²) in [4.78, 5) is 0.934. The van der Waals surface area contributed by atoms with E-state index in [0.29, 0.717) is 19.5 Å². The van der Waals surface area contributed by atoms with Crippen LogP contribution in [0, 0.1) is 5.92 Å². The van der Waals surface area contributed by atoms with E-state index in [-0.39, 0.29) is 5.92 Å². The summed E-state index contributed by atoms with van der Waals surface area (Å²) in [6.07, 6.45) is 3.23. The van der Waals surface area contributed by atoms with Crippen LogP contribution in [0.1, 0.15) is 30.2 Å². The molecule has 1 aromatic heterocycles. The third kappa shape index (κ3) is 4.26. The molecule has 2 atom stereocenters. The zero-order chi connectivity index (χ0) is 14.0. The molecule has 108 valence electrons. The molecule has 1 fully saturated rings. The molecule has 7 heteroatoms. The van der Waals surface area contributed by atoms with Crippen molar-refractivity contribution in [1.82, 2.24) is 4.31 Å². The summed E-state index contributed by atoms with van der Waals surface area (Å²) in [5, 5.41) is 10.2. The number of hydrogen-bond donors (Lipinski definition) is 1. The average Bonchev–Trinajstić information content (AvgIpc) is 2.75. The summed E-state index contributed by atoms with van der Waals surface area (Å²) < 4.78 is 25.6. The van der Waals surface area contributed by atoms with E-state index < -0.39 is 16.1 Å². The summed E-state index contributed by atoms with van der Waals surface area (Å²) >= 11 is 4.91. The van der Waals surface area contributed by atoms with Gasteiger partial charge in [0.25, 0.3) is 0 Å². The van der Waals surface area contributed by atoms with Crippen molar-refractivity contribution in [3.8, 4) is 0 Å². The number of aliphatic hydroxyl groups excluding tert-OH is 1. The minimum atomic E-state index is -3.11. The summed E-state index contributed by atoms with van der Waals surface area (Å²) in [5.41, 5.74) is 0. The Morgan fingerprint density at radius 3 is 2.89 bits per heavy atom. The first-order valence-electron chi connectivity index (χ1n) is 6.24. The van der Waals surface area contributed by atoms with Gasteiger partial charge in [0.05, 0.1) is 16.1 Å². The van der Waals surface area contributed by atoms with Crippen molar-refractivity contribution in [2.75, 3.05) is 19.3 Å². The molecule has 1 aromatic rings. The molecule has 0 bridgehead atoms. The second-order valence-electron chi connectivity index (χ2n) is 5.02. The van der Waals surface area contributed by atoms with Gasteiger partial charge in [0.15, 0.2) is 0 Å². The Hall–Kier alpha value is 0.0500. The van der Waals surface area contributed by atoms with Crippen LogP contribution in [0.25, 0.3) is 0 Å². The van der Waals surface area contributed by atoms with Crippen molar-refractivity contribution in [3.05, 3.63) is 20.8 Å². The van der Waals surface area contributed by atoms with Crippen LogP contribution in [0.15, 0.2) is 15.9 Å². The first-order valence-corrected chi connectivity index (χ1v) is 9.70. The molecule has 19 heavy (non-hydrogen) atoms. The van der Waals surface area contributed by atoms with E-state index in [4.69, 9.17) is 0 Å². The van der Waals surface area contributed by atoms with Crippen LogP contribution in [-0.4, -0.2) is 37.2 Å². The van der Waals surface area contributed by atoms with Crippen molar-refractivity contribution in [2.45, 2.75) is 25.4 Å². The summed E-state index contributed by atoms with van der Waals surface area (Å²) in [7, 11) is -3.11. The first kappa shape index (κ1) is 15.4. The molecule has 2 rings (SSSR count). The van der Waals surface area contributed by atoms with Gasteiger partial charge < -0.3 is 5.11 Å². The zero-order valence-corrected chi connectivity index (χ0v) is 14.0. The standard InChI is InChI=1S/C12H18BrNO3S2/c1-19(16,17)14-6-2-3-9(8-14)7-10(15)11-4-5-12(13)18-11/h4-5,9-10,15H,2-3,6-8H2,1H3. The topological polar surface area (TPSA) is 57.6 Å². The lowest BCUT2D eigenvalue weighted by Gasteiger charge is -2.31. The molecular formula is C12H18BrNO3S2. The predicted octanol–water partition coefficient (Wildman–Crippen LogP) is 2.61. The second kappa shape index (κ2) is 6.22. The van der Waals surface area contributed by atoms with Crippen LogP contribution in [0.5, 0.6) is 0 Å². The highest BCUT2D eigenvalue weighted by Gasteiger charge is 2.27. The van der Waals surface area contributed by atoms with E-state index in [0.717, 1.165) is 21.5 Å². The fourth-order valence-electron chi connectivity index (χ4n) is 2.46. The fraction of sp³-hybridized carbons (Fsp3) is 0.667. The quantitative estimate of drug-likeness (QED) is 0.889. The lowest BCUT2D eigenvalue weighted by atomic mass is 9.93. The highest BCUT2D eigenvalue weighted by atomic mass is 79.9. The minimum Gasteiger partial charge on any atom is -0.388 e. The Labute approximate surface area is 126 Å². The van der Waals surface area contributed by atoms with Crippen molar-refractivity contribution in [2.24, 2.45) is 5.92 Å². The number of sulfonamides is 1. The van der Waals surface area contributed by atoms with Gasteiger partial charge in [-0.1, -0.05) is 0 Å². The van der Waals surface area contributed by atoms with Crippen molar-refractivity contribution in [3.63, 3.8) is 0 Å². The lowest BCUT2D eigenvalue weighted by Crippen LogP contribution is -2.39. The van der Waals surface area contributed by atoms with Crippen molar-refractivity contribution in [1.29, 1.82) is 0 Å². The van der Waals surface area contributed by atoms with E-state index in [1.54, 1.807) is 0 Å². The molecule has 4 nitrogen and oxygen atoms in total. The highest BCUT2D eigenvalue weighted by Crippen LogP contribution is 2.33. The third-order valence-electron chi connectivity index (χ3n) is 3.43. The molecule has 1 N–H and O–H groups in total. The van der Waals surface area contributed by atoms with Gasteiger partial charge in [-0.2, -0.15) is 0 Å². The van der Waals surface area contributed by atoms with Gasteiger partial charge in [-0.05, 0) is 53.2 Å². The Balaban J connectivity index is 1.95. The van der Waals surface area contributed by atoms with E-state index >= 15 is 0 Å². The van der Waals surface area contributed by atoms with Gasteiger partial charge in [0, 0.05) is 18.0 Å². The number of nitrogens with zero attached hydrogens (tertiary/aromatic N) is 1. The summed E-state index contributed by atoms with van der Waals surface area (Å²) in [6.45, 7) is 1.14. The molecule has 2 heterocycles. The van der Waals surface area contributed by atoms with Crippen molar-refractivity contribution < 1.29 is 13.5 Å². The Morgan fingerprint density at radius 1 is 1.58 bits per heavy atom. The zero-order valence-electron chi connectivity index (χ0n) is 10.8. The van der Waals surface area contributed by atoms with Crippen LogP contribution < -0.4 is 0 Å². The molecule has 1 aliphatic heterocycles. The van der Waals surface area contributed by atoms with Gasteiger partial charge in [0.2, 0.25) is 10.0 Å². The first-order chi connectivity index (χ1) is 8.86. The van der Waals surface area contributed by atoms with E-state index in [1.165, 1.54) is 21.9 Å². The molecular weight excluding hydrogens is 350 g/mol. The van der Waals surface area contributed by atoms with E-state index in [2.05, 4.69) is 15.9 Å². The highest BCUT2D eigenvalue weighted by molar-refractivity contribution is 9.11. The van der Waals surface area contributed by atoms with E-state index in [1.807, 2.05) is 12.1 Å². The number of aliphatic hydroxyl groups is 1. The average molecular weight is 368 g/mol. The maximum atomic E-state index is 11.6. The molecule has 0 amide bonds. The van der Waals surface area contributed by atoms with Gasteiger partial charge in [-0.3, -0.25) is 0 Å². The normalized spacial score (nSPS) is 23.4. The SMILES string of the molecule is CS(=O)(=O)N1CCCC(CC(O)c2ccc(Br)s2)C1. The molecule has 0 aliphatic carbocycles. The van der Waals surface area contributed by atoms with Crippen molar-refractivity contribution >= 4 is 37.3 Å². The molecule has 2 unspecified atom stereocenters. The maximum absolute atomic E-state index is 11.6. The number of thiophene rings is 1. The predicted molar refractivity (Wildman–Crippen MR) is 80.7 cm³/mol. The van der Waals surface area contributed by atoms with Crippen LogP contribution in [0.3, 0.4) is 0 Å².